The van der Waals surface area contributed by atoms with Crippen molar-refractivity contribution >= 4 is 33.0 Å². The third-order valence-electron chi connectivity index (χ3n) is 3.66. The van der Waals surface area contributed by atoms with Crippen molar-refractivity contribution < 1.29 is 18.0 Å². The Morgan fingerprint density at radius 1 is 1.08 bits per heavy atom. The minimum Gasteiger partial charge on any atom is -0.312 e. The summed E-state index contributed by atoms with van der Waals surface area (Å²) in [6.45, 7) is 0.652. The number of hydrogen-bond acceptors (Lipinski definition) is 6. The van der Waals surface area contributed by atoms with E-state index < -0.39 is 16.0 Å². The highest BCUT2D eigenvalue weighted by Crippen LogP contribution is 2.19. The zero-order valence-corrected chi connectivity index (χ0v) is 14.4. The number of sulfonamides is 1. The summed E-state index contributed by atoms with van der Waals surface area (Å²) in [6, 6.07) is 11.8. The lowest BCUT2D eigenvalue weighted by molar-refractivity contribution is 0.0519. The van der Waals surface area contributed by atoms with E-state index in [0.29, 0.717) is 36.5 Å². The molecule has 1 aromatic heterocycles. The van der Waals surface area contributed by atoms with Crippen LogP contribution in [0, 0.1) is 0 Å². The van der Waals surface area contributed by atoms with E-state index in [-0.39, 0.29) is 4.90 Å². The molecule has 0 N–H and O–H groups in total. The standard InChI is InChI=1S/C16H16N2O4S2/c19-16(15-7-4-12-23-15)22-17-13-8-10-18(11-9-13)24(20,21)14-5-2-1-3-6-14/h1-7,12H,8-11H2. The largest absolute Gasteiger partial charge is 0.375 e. The molecule has 0 saturated carbocycles. The Morgan fingerprint density at radius 2 is 1.79 bits per heavy atom. The first kappa shape index (κ1) is 16.8. The van der Waals surface area contributed by atoms with Gasteiger partial charge < -0.3 is 4.84 Å². The van der Waals surface area contributed by atoms with E-state index in [2.05, 4.69) is 5.16 Å². The molecular formula is C16H16N2O4S2. The Morgan fingerprint density at radius 3 is 2.42 bits per heavy atom. The summed E-state index contributed by atoms with van der Waals surface area (Å²) in [4.78, 5) is 17.4. The Balaban J connectivity index is 1.60. The zero-order valence-electron chi connectivity index (χ0n) is 12.8. The van der Waals surface area contributed by atoms with Gasteiger partial charge in [0.15, 0.2) is 0 Å². The van der Waals surface area contributed by atoms with Crippen LogP contribution >= 0.6 is 11.3 Å². The molecule has 1 fully saturated rings. The molecule has 0 amide bonds. The number of benzene rings is 1. The molecule has 0 radical (unpaired) electrons. The third kappa shape index (κ3) is 3.72. The van der Waals surface area contributed by atoms with Gasteiger partial charge in [-0.2, -0.15) is 4.31 Å². The van der Waals surface area contributed by atoms with E-state index in [1.54, 1.807) is 47.8 Å². The highest BCUT2D eigenvalue weighted by molar-refractivity contribution is 7.89. The third-order valence-corrected chi connectivity index (χ3v) is 6.42. The van der Waals surface area contributed by atoms with Crippen LogP contribution in [0.4, 0.5) is 0 Å². The van der Waals surface area contributed by atoms with Gasteiger partial charge in [-0.15, -0.1) is 11.3 Å². The summed E-state index contributed by atoms with van der Waals surface area (Å²) < 4.78 is 26.5. The fraction of sp³-hybridized carbons (Fsp3) is 0.250. The molecule has 0 unspecified atom stereocenters. The van der Waals surface area contributed by atoms with Crippen molar-refractivity contribution in [3.05, 3.63) is 52.7 Å². The monoisotopic (exact) mass is 364 g/mol. The molecule has 126 valence electrons. The molecule has 0 atom stereocenters. The van der Waals surface area contributed by atoms with Crippen molar-refractivity contribution in [2.24, 2.45) is 5.16 Å². The van der Waals surface area contributed by atoms with Crippen LogP contribution in [-0.4, -0.2) is 37.5 Å². The average Bonchev–Trinajstić information content (AvgIpc) is 3.15. The van der Waals surface area contributed by atoms with Crippen LogP contribution in [0.3, 0.4) is 0 Å². The fourth-order valence-corrected chi connectivity index (χ4v) is 4.42. The molecule has 1 saturated heterocycles. The van der Waals surface area contributed by atoms with E-state index in [1.807, 2.05) is 0 Å². The fourth-order valence-electron chi connectivity index (χ4n) is 2.36. The quantitative estimate of drug-likeness (QED) is 0.617. The summed E-state index contributed by atoms with van der Waals surface area (Å²) in [5, 5.41) is 5.67. The molecule has 2 aromatic rings. The summed E-state index contributed by atoms with van der Waals surface area (Å²) >= 11 is 1.29. The van der Waals surface area contributed by atoms with Crippen LogP contribution in [-0.2, 0) is 14.9 Å². The van der Waals surface area contributed by atoms with Gasteiger partial charge in [-0.25, -0.2) is 13.2 Å². The minimum atomic E-state index is -3.48. The van der Waals surface area contributed by atoms with Crippen molar-refractivity contribution in [3.63, 3.8) is 0 Å². The van der Waals surface area contributed by atoms with E-state index in [4.69, 9.17) is 4.84 Å². The van der Waals surface area contributed by atoms with Gasteiger partial charge in [-0.05, 0) is 23.6 Å². The van der Waals surface area contributed by atoms with E-state index >= 15 is 0 Å². The van der Waals surface area contributed by atoms with Crippen molar-refractivity contribution in [2.75, 3.05) is 13.1 Å². The SMILES string of the molecule is O=C(ON=C1CCN(S(=O)(=O)c2ccccc2)CC1)c1cccs1. The first-order chi connectivity index (χ1) is 11.6. The number of nitrogens with zero attached hydrogens (tertiary/aromatic N) is 2. The van der Waals surface area contributed by atoms with Crippen molar-refractivity contribution in [2.45, 2.75) is 17.7 Å². The molecule has 1 aromatic carbocycles. The second kappa shape index (κ2) is 7.25. The highest BCUT2D eigenvalue weighted by Gasteiger charge is 2.28. The van der Waals surface area contributed by atoms with Crippen molar-refractivity contribution in [1.29, 1.82) is 0 Å². The van der Waals surface area contributed by atoms with Crippen LogP contribution in [0.1, 0.15) is 22.5 Å². The van der Waals surface area contributed by atoms with Gasteiger partial charge in [-0.3, -0.25) is 0 Å². The maximum absolute atomic E-state index is 12.5. The zero-order chi connectivity index (χ0) is 17.0. The predicted molar refractivity (Wildman–Crippen MR) is 91.6 cm³/mol. The summed E-state index contributed by atoms with van der Waals surface area (Å²) in [5.74, 6) is -0.489. The molecule has 24 heavy (non-hydrogen) atoms. The van der Waals surface area contributed by atoms with Gasteiger partial charge in [0.2, 0.25) is 10.0 Å². The van der Waals surface area contributed by atoms with E-state index in [0.717, 1.165) is 0 Å². The molecule has 1 aliphatic rings. The first-order valence-corrected chi connectivity index (χ1v) is 9.75. The second-order valence-corrected chi connectivity index (χ2v) is 8.12. The number of oxime groups is 1. The van der Waals surface area contributed by atoms with Gasteiger partial charge >= 0.3 is 5.97 Å². The number of carbonyl (C=O) groups excluding carboxylic acids is 1. The Kier molecular flexibility index (Phi) is 5.08. The molecule has 0 spiro atoms. The summed E-state index contributed by atoms with van der Waals surface area (Å²) in [6.07, 6.45) is 0.896. The maximum Gasteiger partial charge on any atom is 0.375 e. The molecule has 0 bridgehead atoms. The molecule has 0 aliphatic carbocycles. The lowest BCUT2D eigenvalue weighted by Crippen LogP contribution is -2.38. The number of rotatable bonds is 4. The lowest BCUT2D eigenvalue weighted by Gasteiger charge is -2.26. The smallest absolute Gasteiger partial charge is 0.312 e. The topological polar surface area (TPSA) is 76.0 Å². The minimum absolute atomic E-state index is 0.287. The predicted octanol–water partition coefficient (Wildman–Crippen LogP) is 2.75. The van der Waals surface area contributed by atoms with Gasteiger partial charge in [0, 0.05) is 25.9 Å². The summed E-state index contributed by atoms with van der Waals surface area (Å²) in [7, 11) is -3.48. The van der Waals surface area contributed by atoms with Gasteiger partial charge in [-0.1, -0.05) is 29.4 Å². The number of thiophene rings is 1. The molecule has 8 heteroatoms. The molecule has 6 nitrogen and oxygen atoms in total. The van der Waals surface area contributed by atoms with E-state index in [9.17, 15) is 13.2 Å². The van der Waals surface area contributed by atoms with Gasteiger partial charge in [0.25, 0.3) is 0 Å². The Hall–Kier alpha value is -2.03. The van der Waals surface area contributed by atoms with Crippen LogP contribution in [0.15, 0.2) is 57.9 Å². The van der Waals surface area contributed by atoms with Crippen LogP contribution in [0.5, 0.6) is 0 Å². The van der Waals surface area contributed by atoms with Crippen molar-refractivity contribution in [1.82, 2.24) is 4.31 Å². The molecule has 3 rings (SSSR count). The molecule has 1 aliphatic heterocycles. The van der Waals surface area contributed by atoms with Gasteiger partial charge in [0.1, 0.15) is 4.88 Å². The average molecular weight is 364 g/mol. The van der Waals surface area contributed by atoms with E-state index in [1.165, 1.54) is 15.6 Å². The summed E-state index contributed by atoms with van der Waals surface area (Å²) in [5.41, 5.74) is 0.694. The second-order valence-electron chi connectivity index (χ2n) is 5.23. The van der Waals surface area contributed by atoms with Crippen LogP contribution < -0.4 is 0 Å². The number of piperidine rings is 1. The maximum atomic E-state index is 12.5. The van der Waals surface area contributed by atoms with Gasteiger partial charge in [0.05, 0.1) is 10.6 Å². The molecule has 2 heterocycles. The number of hydrogen-bond donors (Lipinski definition) is 0. The lowest BCUT2D eigenvalue weighted by atomic mass is 10.1. The van der Waals surface area contributed by atoms with Crippen LogP contribution in [0.25, 0.3) is 0 Å². The normalized spacial score (nSPS) is 15.9. The first-order valence-electron chi connectivity index (χ1n) is 7.43. The highest BCUT2D eigenvalue weighted by atomic mass is 32.2. The van der Waals surface area contributed by atoms with Crippen LogP contribution in [0.2, 0.25) is 0 Å². The molecular weight excluding hydrogens is 348 g/mol. The van der Waals surface area contributed by atoms with Crippen molar-refractivity contribution in [3.8, 4) is 0 Å². The Labute approximate surface area is 144 Å². The Bertz CT molecular complexity index is 820. The number of carbonyl (C=O) groups is 1.